The summed E-state index contributed by atoms with van der Waals surface area (Å²) in [4.78, 5) is 31.4. The fourth-order valence-electron chi connectivity index (χ4n) is 5.35. The van der Waals surface area contributed by atoms with Gasteiger partial charge in [-0.15, -0.1) is 0 Å². The summed E-state index contributed by atoms with van der Waals surface area (Å²) in [6.07, 6.45) is 1.99. The van der Waals surface area contributed by atoms with Gasteiger partial charge < -0.3 is 19.6 Å². The van der Waals surface area contributed by atoms with Gasteiger partial charge in [0.05, 0.1) is 30.9 Å². The SMILES string of the molecule is COc1ccc(C(=O)O/N=C2/CC3(C(=O)Nc4cccc(OC)c4)CCC2(C)C3(C)C)cc1. The molecule has 2 saturated carbocycles. The maximum absolute atomic E-state index is 13.6. The Bertz CT molecular complexity index is 1110. The lowest BCUT2D eigenvalue weighted by atomic mass is 9.64. The monoisotopic (exact) mass is 450 g/mol. The van der Waals surface area contributed by atoms with Crippen LogP contribution in [0.5, 0.6) is 11.5 Å². The molecule has 0 saturated heterocycles. The van der Waals surface area contributed by atoms with E-state index < -0.39 is 11.4 Å². The van der Waals surface area contributed by atoms with E-state index in [0.717, 1.165) is 18.6 Å². The molecule has 2 atom stereocenters. The van der Waals surface area contributed by atoms with Gasteiger partial charge in [-0.25, -0.2) is 4.79 Å². The highest BCUT2D eigenvalue weighted by molar-refractivity contribution is 6.06. The van der Waals surface area contributed by atoms with Gasteiger partial charge in [0.2, 0.25) is 5.91 Å². The zero-order chi connectivity index (χ0) is 23.9. The molecule has 7 heteroatoms. The molecule has 0 aromatic heterocycles. The van der Waals surface area contributed by atoms with Crippen LogP contribution in [0.25, 0.3) is 0 Å². The minimum Gasteiger partial charge on any atom is -0.497 e. The van der Waals surface area contributed by atoms with E-state index in [2.05, 4.69) is 31.2 Å². The third-order valence-electron chi connectivity index (χ3n) is 8.06. The molecule has 2 aromatic carbocycles. The van der Waals surface area contributed by atoms with E-state index in [1.165, 1.54) is 0 Å². The predicted molar refractivity (Wildman–Crippen MR) is 126 cm³/mol. The number of rotatable bonds is 6. The van der Waals surface area contributed by atoms with Crippen LogP contribution in [0.4, 0.5) is 5.69 Å². The van der Waals surface area contributed by atoms with Gasteiger partial charge in [-0.1, -0.05) is 32.0 Å². The van der Waals surface area contributed by atoms with Gasteiger partial charge in [0.1, 0.15) is 11.5 Å². The minimum absolute atomic E-state index is 0.0452. The molecule has 0 heterocycles. The molecule has 2 unspecified atom stereocenters. The second-order valence-electron chi connectivity index (χ2n) is 9.55. The Morgan fingerprint density at radius 2 is 1.64 bits per heavy atom. The first kappa shape index (κ1) is 22.8. The van der Waals surface area contributed by atoms with Crippen molar-refractivity contribution in [1.29, 1.82) is 0 Å². The quantitative estimate of drug-likeness (QED) is 0.490. The number of amides is 1. The standard InChI is InChI=1S/C26H30N2O5/c1-24(2)25(3)13-14-26(24,23(30)27-18-7-6-8-20(15-18)32-5)16-21(25)28-33-22(29)17-9-11-19(31-4)12-10-17/h6-12,15H,13-14,16H2,1-5H3,(H,27,30)/b28-21-. The predicted octanol–water partition coefficient (Wildman–Crippen LogP) is 5.07. The molecule has 2 aliphatic rings. The van der Waals surface area contributed by atoms with Crippen molar-refractivity contribution in [2.24, 2.45) is 21.4 Å². The van der Waals surface area contributed by atoms with Gasteiger partial charge in [-0.2, -0.15) is 0 Å². The van der Waals surface area contributed by atoms with Crippen LogP contribution < -0.4 is 14.8 Å². The average molecular weight is 451 g/mol. The van der Waals surface area contributed by atoms with Crippen LogP contribution >= 0.6 is 0 Å². The number of carbonyl (C=O) groups is 2. The number of carbonyl (C=O) groups excluding carboxylic acids is 2. The smallest absolute Gasteiger partial charge is 0.365 e. The summed E-state index contributed by atoms with van der Waals surface area (Å²) in [5.41, 5.74) is 0.470. The summed E-state index contributed by atoms with van der Waals surface area (Å²) in [7, 11) is 3.16. The van der Waals surface area contributed by atoms with Crippen molar-refractivity contribution < 1.29 is 23.9 Å². The molecule has 0 spiro atoms. The van der Waals surface area contributed by atoms with Crippen molar-refractivity contribution in [3.63, 3.8) is 0 Å². The van der Waals surface area contributed by atoms with Crippen LogP contribution in [0, 0.1) is 16.2 Å². The average Bonchev–Trinajstić information content (AvgIpc) is 3.13. The van der Waals surface area contributed by atoms with Gasteiger partial charge in [-0.3, -0.25) is 4.79 Å². The van der Waals surface area contributed by atoms with Crippen LogP contribution in [-0.2, 0) is 9.63 Å². The van der Waals surface area contributed by atoms with E-state index in [0.29, 0.717) is 29.2 Å². The fraction of sp³-hybridized carbons (Fsp3) is 0.423. The summed E-state index contributed by atoms with van der Waals surface area (Å²) in [6, 6.07) is 14.0. The van der Waals surface area contributed by atoms with Crippen LogP contribution in [0.2, 0.25) is 0 Å². The van der Waals surface area contributed by atoms with Crippen molar-refractivity contribution >= 4 is 23.3 Å². The molecule has 2 bridgehead atoms. The molecule has 174 valence electrons. The van der Waals surface area contributed by atoms with E-state index in [4.69, 9.17) is 14.3 Å². The van der Waals surface area contributed by atoms with Crippen LogP contribution in [-0.4, -0.2) is 31.8 Å². The topological polar surface area (TPSA) is 86.2 Å². The second-order valence-corrected chi connectivity index (χ2v) is 9.55. The third kappa shape index (κ3) is 3.56. The van der Waals surface area contributed by atoms with E-state index in [1.807, 2.05) is 18.2 Å². The maximum atomic E-state index is 13.6. The summed E-state index contributed by atoms with van der Waals surface area (Å²) in [6.45, 7) is 6.33. The highest BCUT2D eigenvalue weighted by atomic mass is 16.7. The van der Waals surface area contributed by atoms with Gasteiger partial charge in [-0.05, 0) is 54.7 Å². The molecule has 1 N–H and O–H groups in total. The lowest BCUT2D eigenvalue weighted by molar-refractivity contribution is -0.130. The lowest BCUT2D eigenvalue weighted by Gasteiger charge is -2.39. The highest BCUT2D eigenvalue weighted by Gasteiger charge is 2.71. The van der Waals surface area contributed by atoms with Crippen LogP contribution in [0.3, 0.4) is 0 Å². The molecular formula is C26H30N2O5. The van der Waals surface area contributed by atoms with E-state index in [-0.39, 0.29) is 16.7 Å². The zero-order valence-corrected chi connectivity index (χ0v) is 19.7. The molecule has 33 heavy (non-hydrogen) atoms. The number of anilines is 1. The van der Waals surface area contributed by atoms with Gasteiger partial charge in [0.25, 0.3) is 0 Å². The van der Waals surface area contributed by atoms with Crippen LogP contribution in [0.15, 0.2) is 53.7 Å². The summed E-state index contributed by atoms with van der Waals surface area (Å²) < 4.78 is 10.4. The molecule has 0 radical (unpaired) electrons. The van der Waals surface area contributed by atoms with Crippen LogP contribution in [0.1, 0.15) is 50.4 Å². The summed E-state index contributed by atoms with van der Waals surface area (Å²) in [5, 5.41) is 7.37. The number of ether oxygens (including phenoxy) is 2. The number of hydrogen-bond acceptors (Lipinski definition) is 6. The van der Waals surface area contributed by atoms with Crippen molar-refractivity contribution in [3.8, 4) is 11.5 Å². The Morgan fingerprint density at radius 1 is 0.939 bits per heavy atom. The molecule has 4 rings (SSSR count). The fourth-order valence-corrected chi connectivity index (χ4v) is 5.35. The minimum atomic E-state index is -0.643. The largest absolute Gasteiger partial charge is 0.497 e. The molecule has 1 amide bonds. The van der Waals surface area contributed by atoms with E-state index in [1.54, 1.807) is 44.6 Å². The third-order valence-corrected chi connectivity index (χ3v) is 8.06. The zero-order valence-electron chi connectivity index (χ0n) is 19.7. The lowest BCUT2D eigenvalue weighted by Crippen LogP contribution is -2.43. The molecule has 0 aliphatic heterocycles. The first-order valence-electron chi connectivity index (χ1n) is 11.1. The normalized spacial score (nSPS) is 26.2. The number of benzene rings is 2. The summed E-state index contributed by atoms with van der Waals surface area (Å²) >= 11 is 0. The first-order valence-corrected chi connectivity index (χ1v) is 11.1. The molecule has 2 fully saturated rings. The van der Waals surface area contributed by atoms with E-state index in [9.17, 15) is 9.59 Å². The Kier molecular flexibility index (Phi) is 5.68. The Balaban J connectivity index is 1.56. The van der Waals surface area contributed by atoms with E-state index >= 15 is 0 Å². The number of hydrogen-bond donors (Lipinski definition) is 1. The van der Waals surface area contributed by atoms with Crippen molar-refractivity contribution in [3.05, 3.63) is 54.1 Å². The van der Waals surface area contributed by atoms with Crippen molar-refractivity contribution in [1.82, 2.24) is 0 Å². The first-order chi connectivity index (χ1) is 15.7. The number of nitrogens with one attached hydrogen (secondary N) is 1. The number of fused-ring (bicyclic) bond motifs is 2. The highest BCUT2D eigenvalue weighted by Crippen LogP contribution is 2.71. The molecular weight excluding hydrogens is 420 g/mol. The van der Waals surface area contributed by atoms with Crippen molar-refractivity contribution in [2.75, 3.05) is 19.5 Å². The van der Waals surface area contributed by atoms with Gasteiger partial charge in [0.15, 0.2) is 0 Å². The Labute approximate surface area is 194 Å². The van der Waals surface area contributed by atoms with Crippen molar-refractivity contribution in [2.45, 2.75) is 40.0 Å². The number of nitrogens with zero attached hydrogens (tertiary/aromatic N) is 1. The Morgan fingerprint density at radius 3 is 2.30 bits per heavy atom. The molecule has 2 aromatic rings. The number of methoxy groups -OCH3 is 2. The molecule has 7 nitrogen and oxygen atoms in total. The molecule has 2 aliphatic carbocycles. The number of oxime groups is 1. The Hall–Kier alpha value is -3.35. The summed E-state index contributed by atoms with van der Waals surface area (Å²) in [5.74, 6) is 0.754. The maximum Gasteiger partial charge on any atom is 0.365 e. The van der Waals surface area contributed by atoms with Gasteiger partial charge in [0, 0.05) is 23.6 Å². The second kappa shape index (κ2) is 8.21. The van der Waals surface area contributed by atoms with Gasteiger partial charge >= 0.3 is 5.97 Å².